The third-order valence-corrected chi connectivity index (χ3v) is 4.17. The van der Waals surface area contributed by atoms with Gasteiger partial charge >= 0.3 is 5.97 Å². The van der Waals surface area contributed by atoms with Crippen molar-refractivity contribution in [3.63, 3.8) is 0 Å². The molecule has 0 radical (unpaired) electrons. The van der Waals surface area contributed by atoms with Crippen molar-refractivity contribution in [1.82, 2.24) is 9.97 Å². The molecule has 2 aromatic carbocycles. The van der Waals surface area contributed by atoms with Crippen LogP contribution in [0.15, 0.2) is 60.7 Å². The number of ether oxygens (including phenoxy) is 1. The van der Waals surface area contributed by atoms with Crippen molar-refractivity contribution in [1.29, 1.82) is 0 Å². The molecule has 3 rings (SSSR count). The molecule has 0 saturated heterocycles. The SMILES string of the molecule is CC(C)(C)OC(=O)C=Cc1cccc(Cc2nc(-c3ccccc3)c(Cl)[nH]2)c1. The molecule has 5 heteroatoms. The van der Waals surface area contributed by atoms with E-state index < -0.39 is 5.60 Å². The number of H-pyrrole nitrogens is 1. The zero-order valence-electron chi connectivity index (χ0n) is 16.2. The Morgan fingerprint density at radius 2 is 1.89 bits per heavy atom. The van der Waals surface area contributed by atoms with Gasteiger partial charge in [0, 0.05) is 18.1 Å². The Morgan fingerprint density at radius 1 is 1.14 bits per heavy atom. The fraction of sp³-hybridized carbons (Fsp3) is 0.217. The third-order valence-electron chi connectivity index (χ3n) is 3.90. The molecule has 0 aliphatic rings. The van der Waals surface area contributed by atoms with Crippen LogP contribution in [0.3, 0.4) is 0 Å². The van der Waals surface area contributed by atoms with Crippen LogP contribution in [-0.2, 0) is 16.0 Å². The number of benzene rings is 2. The molecule has 3 aromatic rings. The van der Waals surface area contributed by atoms with Crippen LogP contribution >= 0.6 is 11.6 Å². The smallest absolute Gasteiger partial charge is 0.331 e. The Kier molecular flexibility index (Phi) is 6.00. The molecule has 0 atom stereocenters. The van der Waals surface area contributed by atoms with E-state index in [-0.39, 0.29) is 5.97 Å². The van der Waals surface area contributed by atoms with Crippen molar-refractivity contribution in [3.05, 3.63) is 82.8 Å². The second-order valence-corrected chi connectivity index (χ2v) is 7.88. The first kappa shape index (κ1) is 19.9. The van der Waals surface area contributed by atoms with Crippen molar-refractivity contribution >= 4 is 23.6 Å². The van der Waals surface area contributed by atoms with Crippen molar-refractivity contribution < 1.29 is 9.53 Å². The van der Waals surface area contributed by atoms with Crippen LogP contribution in [0, 0.1) is 0 Å². The zero-order valence-corrected chi connectivity index (χ0v) is 17.0. The van der Waals surface area contributed by atoms with Gasteiger partial charge in [0.25, 0.3) is 0 Å². The largest absolute Gasteiger partial charge is 0.457 e. The predicted molar refractivity (Wildman–Crippen MR) is 113 cm³/mol. The highest BCUT2D eigenvalue weighted by Crippen LogP contribution is 2.26. The summed E-state index contributed by atoms with van der Waals surface area (Å²) in [7, 11) is 0. The maximum atomic E-state index is 11.8. The number of aromatic nitrogens is 2. The summed E-state index contributed by atoms with van der Waals surface area (Å²) in [6.45, 7) is 5.53. The molecular formula is C23H23ClN2O2. The number of aromatic amines is 1. The standard InChI is InChI=1S/C23H23ClN2O2/c1-23(2,3)28-20(27)13-12-16-8-7-9-17(14-16)15-19-25-21(22(24)26-19)18-10-5-4-6-11-18/h4-14H,15H2,1-3H3,(H,25,26). The molecule has 28 heavy (non-hydrogen) atoms. The lowest BCUT2D eigenvalue weighted by Gasteiger charge is -2.17. The normalized spacial score (nSPS) is 11.7. The van der Waals surface area contributed by atoms with Gasteiger partial charge in [0.2, 0.25) is 0 Å². The number of nitrogens with zero attached hydrogens (tertiary/aromatic N) is 1. The van der Waals surface area contributed by atoms with Gasteiger partial charge < -0.3 is 9.72 Å². The number of carbonyl (C=O) groups excluding carboxylic acids is 1. The lowest BCUT2D eigenvalue weighted by atomic mass is 10.1. The van der Waals surface area contributed by atoms with Crippen LogP contribution in [0.25, 0.3) is 17.3 Å². The zero-order chi connectivity index (χ0) is 20.1. The number of hydrogen-bond acceptors (Lipinski definition) is 3. The molecule has 4 nitrogen and oxygen atoms in total. The van der Waals surface area contributed by atoms with Crippen molar-refractivity contribution in [2.75, 3.05) is 0 Å². The van der Waals surface area contributed by atoms with Gasteiger partial charge in [-0.1, -0.05) is 66.2 Å². The molecule has 0 bridgehead atoms. The first-order chi connectivity index (χ1) is 13.3. The molecule has 0 unspecified atom stereocenters. The predicted octanol–water partition coefficient (Wildman–Crippen LogP) is 5.68. The Balaban J connectivity index is 1.72. The van der Waals surface area contributed by atoms with E-state index in [1.807, 2.05) is 75.4 Å². The van der Waals surface area contributed by atoms with Crippen LogP contribution in [0.5, 0.6) is 0 Å². The second kappa shape index (κ2) is 8.44. The minimum Gasteiger partial charge on any atom is -0.457 e. The number of halogens is 1. The minimum absolute atomic E-state index is 0.358. The minimum atomic E-state index is -0.502. The average Bonchev–Trinajstić information content (AvgIpc) is 3.00. The van der Waals surface area contributed by atoms with Crippen LogP contribution in [0.2, 0.25) is 5.15 Å². The highest BCUT2D eigenvalue weighted by Gasteiger charge is 2.14. The second-order valence-electron chi connectivity index (χ2n) is 7.50. The summed E-state index contributed by atoms with van der Waals surface area (Å²) >= 11 is 6.33. The first-order valence-corrected chi connectivity index (χ1v) is 9.48. The Morgan fingerprint density at radius 3 is 2.61 bits per heavy atom. The first-order valence-electron chi connectivity index (χ1n) is 9.10. The quantitative estimate of drug-likeness (QED) is 0.447. The maximum absolute atomic E-state index is 11.8. The maximum Gasteiger partial charge on any atom is 0.331 e. The van der Waals surface area contributed by atoms with Gasteiger partial charge in [0.15, 0.2) is 0 Å². The number of hydrogen-bond donors (Lipinski definition) is 1. The summed E-state index contributed by atoms with van der Waals surface area (Å²) in [5, 5.41) is 0.530. The Bertz CT molecular complexity index is 985. The number of carbonyl (C=O) groups is 1. The lowest BCUT2D eigenvalue weighted by Crippen LogP contribution is -2.22. The van der Waals surface area contributed by atoms with Crippen molar-refractivity contribution in [2.24, 2.45) is 0 Å². The van der Waals surface area contributed by atoms with Gasteiger partial charge in [-0.05, 0) is 38.0 Å². The molecule has 0 saturated carbocycles. The van der Waals surface area contributed by atoms with Gasteiger partial charge in [-0.3, -0.25) is 0 Å². The Hall–Kier alpha value is -2.85. The van der Waals surface area contributed by atoms with E-state index in [0.717, 1.165) is 28.2 Å². The number of esters is 1. The van der Waals surface area contributed by atoms with Gasteiger partial charge in [0.1, 0.15) is 22.3 Å². The summed E-state index contributed by atoms with van der Waals surface area (Å²) in [5.74, 6) is 0.431. The van der Waals surface area contributed by atoms with E-state index in [1.165, 1.54) is 6.08 Å². The monoisotopic (exact) mass is 394 g/mol. The number of rotatable bonds is 5. The van der Waals surface area contributed by atoms with Crippen molar-refractivity contribution in [3.8, 4) is 11.3 Å². The van der Waals surface area contributed by atoms with Crippen LogP contribution in [0.4, 0.5) is 0 Å². The number of nitrogens with one attached hydrogen (secondary N) is 1. The summed E-state index contributed by atoms with van der Waals surface area (Å²) in [6, 6.07) is 17.8. The van der Waals surface area contributed by atoms with E-state index in [1.54, 1.807) is 6.08 Å². The fourth-order valence-corrected chi connectivity index (χ4v) is 3.03. The highest BCUT2D eigenvalue weighted by molar-refractivity contribution is 6.31. The lowest BCUT2D eigenvalue weighted by molar-refractivity contribution is -0.148. The summed E-state index contributed by atoms with van der Waals surface area (Å²) in [4.78, 5) is 19.6. The third kappa shape index (κ3) is 5.57. The highest BCUT2D eigenvalue weighted by atomic mass is 35.5. The van der Waals surface area contributed by atoms with E-state index in [4.69, 9.17) is 16.3 Å². The summed E-state index contributed by atoms with van der Waals surface area (Å²) < 4.78 is 5.29. The summed E-state index contributed by atoms with van der Waals surface area (Å²) in [5.41, 5.74) is 3.21. The van der Waals surface area contributed by atoms with Crippen LogP contribution in [0.1, 0.15) is 37.7 Å². The van der Waals surface area contributed by atoms with Crippen LogP contribution < -0.4 is 0 Å². The average molecular weight is 395 g/mol. The molecule has 0 amide bonds. The van der Waals surface area contributed by atoms with E-state index in [2.05, 4.69) is 9.97 Å². The van der Waals surface area contributed by atoms with Gasteiger partial charge in [-0.15, -0.1) is 0 Å². The molecule has 1 N–H and O–H groups in total. The molecule has 144 valence electrons. The van der Waals surface area contributed by atoms with Crippen LogP contribution in [-0.4, -0.2) is 21.5 Å². The Labute approximate surface area is 170 Å². The molecule has 0 fully saturated rings. The summed E-state index contributed by atoms with van der Waals surface area (Å²) in [6.07, 6.45) is 3.81. The molecule has 0 aliphatic carbocycles. The molecule has 0 spiro atoms. The molecule has 1 heterocycles. The van der Waals surface area contributed by atoms with Gasteiger partial charge in [-0.25, -0.2) is 9.78 Å². The van der Waals surface area contributed by atoms with Gasteiger partial charge in [0.05, 0.1) is 0 Å². The van der Waals surface area contributed by atoms with Crippen molar-refractivity contribution in [2.45, 2.75) is 32.8 Å². The molecule has 0 aliphatic heterocycles. The molecule has 1 aromatic heterocycles. The van der Waals surface area contributed by atoms with E-state index in [9.17, 15) is 4.79 Å². The molecular weight excluding hydrogens is 372 g/mol. The number of imidazole rings is 1. The van der Waals surface area contributed by atoms with E-state index in [0.29, 0.717) is 11.6 Å². The fourth-order valence-electron chi connectivity index (χ4n) is 2.77. The van der Waals surface area contributed by atoms with E-state index >= 15 is 0 Å². The topological polar surface area (TPSA) is 55.0 Å². The van der Waals surface area contributed by atoms with Gasteiger partial charge in [-0.2, -0.15) is 0 Å².